The monoisotopic (exact) mass is 444 g/mol. The number of nitrogens with zero attached hydrogens (tertiary/aromatic N) is 3. The van der Waals surface area contributed by atoms with E-state index in [1.165, 1.54) is 0 Å². The predicted octanol–water partition coefficient (Wildman–Crippen LogP) is 5.01. The molecule has 2 aromatic carbocycles. The molecule has 0 saturated carbocycles. The number of fused-ring (bicyclic) bond motifs is 1. The van der Waals surface area contributed by atoms with Gasteiger partial charge in [0.2, 0.25) is 5.95 Å². The number of methoxy groups -OCH3 is 1. The quantitative estimate of drug-likeness (QED) is 0.596. The summed E-state index contributed by atoms with van der Waals surface area (Å²) in [4.78, 5) is 18.1. The zero-order valence-electron chi connectivity index (χ0n) is 19.4. The first-order valence-electron chi connectivity index (χ1n) is 11.3. The Balaban J connectivity index is 1.61. The molecule has 33 heavy (non-hydrogen) atoms. The van der Waals surface area contributed by atoms with Crippen molar-refractivity contribution in [3.8, 4) is 22.9 Å². The number of ether oxygens (including phenoxy) is 2. The predicted molar refractivity (Wildman–Crippen MR) is 126 cm³/mol. The molecule has 0 radical (unpaired) electrons. The summed E-state index contributed by atoms with van der Waals surface area (Å²) >= 11 is 0. The number of hydrogen-bond donors (Lipinski definition) is 1. The van der Waals surface area contributed by atoms with Crippen LogP contribution in [0.2, 0.25) is 0 Å². The summed E-state index contributed by atoms with van der Waals surface area (Å²) in [5, 5.41) is 8.27. The third-order valence-electron chi connectivity index (χ3n) is 6.19. The molecule has 1 aliphatic carbocycles. The molecule has 7 nitrogen and oxygen atoms in total. The maximum atomic E-state index is 13.4. The van der Waals surface area contributed by atoms with Crippen LogP contribution in [0, 0.1) is 5.41 Å². The van der Waals surface area contributed by atoms with E-state index in [2.05, 4.69) is 19.2 Å². The second-order valence-corrected chi connectivity index (χ2v) is 9.29. The molecule has 3 aromatic rings. The number of hydrogen-bond acceptors (Lipinski definition) is 6. The highest BCUT2D eigenvalue weighted by Crippen LogP contribution is 2.45. The summed E-state index contributed by atoms with van der Waals surface area (Å²) in [5.41, 5.74) is 3.48. The molecule has 0 spiro atoms. The first kappa shape index (κ1) is 21.2. The van der Waals surface area contributed by atoms with Gasteiger partial charge in [0.1, 0.15) is 17.5 Å². The molecule has 0 amide bonds. The second-order valence-electron chi connectivity index (χ2n) is 9.29. The maximum Gasteiger partial charge on any atom is 0.226 e. The van der Waals surface area contributed by atoms with Crippen LogP contribution in [0.1, 0.15) is 45.2 Å². The largest absolute Gasteiger partial charge is 0.497 e. The summed E-state index contributed by atoms with van der Waals surface area (Å²) < 4.78 is 12.7. The standard InChI is InChI=1S/C26H28N4O3/c1-5-33-19-12-6-16(7-13-19)23-22-20(14-26(2,3)15-21(22)31)27-25-28-24(29-30(23)25)17-8-10-18(32-4)11-9-17/h6-13,23H,5,14-15H2,1-4H3,(H,27,28,29). The summed E-state index contributed by atoms with van der Waals surface area (Å²) in [7, 11) is 1.64. The van der Waals surface area contributed by atoms with E-state index in [1.54, 1.807) is 7.11 Å². The zero-order chi connectivity index (χ0) is 23.2. The minimum atomic E-state index is -0.338. The molecular weight excluding hydrogens is 416 g/mol. The van der Waals surface area contributed by atoms with Crippen LogP contribution in [0.15, 0.2) is 59.8 Å². The summed E-state index contributed by atoms with van der Waals surface area (Å²) in [5.74, 6) is 2.97. The van der Waals surface area contributed by atoms with Gasteiger partial charge in [-0.2, -0.15) is 4.98 Å². The van der Waals surface area contributed by atoms with Gasteiger partial charge in [0.25, 0.3) is 0 Å². The molecule has 1 aromatic heterocycles. The Morgan fingerprint density at radius 3 is 2.42 bits per heavy atom. The van der Waals surface area contributed by atoms with Crippen LogP contribution < -0.4 is 14.8 Å². The van der Waals surface area contributed by atoms with Crippen molar-refractivity contribution in [3.63, 3.8) is 0 Å². The van der Waals surface area contributed by atoms with Crippen molar-refractivity contribution in [2.45, 2.75) is 39.7 Å². The first-order valence-corrected chi connectivity index (χ1v) is 11.3. The summed E-state index contributed by atoms with van der Waals surface area (Å²) in [6.45, 7) is 6.82. The van der Waals surface area contributed by atoms with Crippen molar-refractivity contribution in [1.29, 1.82) is 0 Å². The van der Waals surface area contributed by atoms with Crippen molar-refractivity contribution in [2.75, 3.05) is 19.0 Å². The lowest BCUT2D eigenvalue weighted by molar-refractivity contribution is -0.118. The molecule has 0 bridgehead atoms. The number of rotatable bonds is 5. The van der Waals surface area contributed by atoms with E-state index >= 15 is 0 Å². The zero-order valence-corrected chi connectivity index (χ0v) is 19.4. The van der Waals surface area contributed by atoms with Crippen molar-refractivity contribution in [2.24, 2.45) is 5.41 Å². The molecule has 5 rings (SSSR count). The van der Waals surface area contributed by atoms with E-state index in [4.69, 9.17) is 19.6 Å². The van der Waals surface area contributed by atoms with Gasteiger partial charge in [0.15, 0.2) is 11.6 Å². The Labute approximate surface area is 193 Å². The van der Waals surface area contributed by atoms with Gasteiger partial charge in [0.05, 0.1) is 13.7 Å². The lowest BCUT2D eigenvalue weighted by Crippen LogP contribution is -2.36. The average Bonchev–Trinajstić information content (AvgIpc) is 3.21. The normalized spacial score (nSPS) is 18.9. The topological polar surface area (TPSA) is 78.3 Å². The Morgan fingerprint density at radius 1 is 1.06 bits per heavy atom. The van der Waals surface area contributed by atoms with Gasteiger partial charge in [0, 0.05) is 23.3 Å². The molecule has 1 unspecified atom stereocenters. The van der Waals surface area contributed by atoms with Gasteiger partial charge in [-0.15, -0.1) is 5.10 Å². The fraction of sp³-hybridized carbons (Fsp3) is 0.346. The molecule has 2 heterocycles. The number of benzene rings is 2. The number of Topliss-reactive ketones (excluding diaryl/α,β-unsaturated/α-hetero) is 1. The van der Waals surface area contributed by atoms with E-state index < -0.39 is 0 Å². The minimum Gasteiger partial charge on any atom is -0.497 e. The van der Waals surface area contributed by atoms with Crippen molar-refractivity contribution in [1.82, 2.24) is 14.8 Å². The van der Waals surface area contributed by atoms with Crippen molar-refractivity contribution >= 4 is 11.7 Å². The minimum absolute atomic E-state index is 0.104. The Kier molecular flexibility index (Phi) is 5.19. The van der Waals surface area contributed by atoms with Crippen LogP contribution >= 0.6 is 0 Å². The molecule has 0 saturated heterocycles. The number of nitrogens with one attached hydrogen (secondary N) is 1. The average molecular weight is 445 g/mol. The second kappa shape index (κ2) is 8.06. The fourth-order valence-corrected chi connectivity index (χ4v) is 4.69. The lowest BCUT2D eigenvalue weighted by Gasteiger charge is -2.38. The number of anilines is 1. The van der Waals surface area contributed by atoms with E-state index in [-0.39, 0.29) is 17.2 Å². The fourth-order valence-electron chi connectivity index (χ4n) is 4.69. The van der Waals surface area contributed by atoms with Crippen LogP contribution in [-0.2, 0) is 4.79 Å². The highest BCUT2D eigenvalue weighted by molar-refractivity contribution is 6.00. The number of ketones is 1. The summed E-state index contributed by atoms with van der Waals surface area (Å²) in [6.07, 6.45) is 1.29. The summed E-state index contributed by atoms with van der Waals surface area (Å²) in [6, 6.07) is 15.2. The van der Waals surface area contributed by atoms with Crippen molar-refractivity contribution in [3.05, 3.63) is 65.4 Å². The molecule has 170 valence electrons. The van der Waals surface area contributed by atoms with Crippen molar-refractivity contribution < 1.29 is 14.3 Å². The third-order valence-corrected chi connectivity index (χ3v) is 6.19. The molecule has 1 aliphatic heterocycles. The SMILES string of the molecule is CCOc1ccc(C2C3=C(CC(C)(C)CC3=O)Nc3nc(-c4ccc(OC)cc4)nn32)cc1. The van der Waals surface area contributed by atoms with Crippen LogP contribution in [0.5, 0.6) is 11.5 Å². The number of aromatic nitrogens is 3. The highest BCUT2D eigenvalue weighted by Gasteiger charge is 2.41. The molecule has 0 fully saturated rings. The van der Waals surface area contributed by atoms with Gasteiger partial charge < -0.3 is 14.8 Å². The maximum absolute atomic E-state index is 13.4. The Bertz CT molecular complexity index is 1220. The van der Waals surface area contributed by atoms with Gasteiger partial charge in [-0.25, -0.2) is 4.68 Å². The molecular formula is C26H28N4O3. The molecule has 1 N–H and O–H groups in total. The number of carbonyl (C=O) groups excluding carboxylic acids is 1. The third kappa shape index (κ3) is 3.88. The smallest absolute Gasteiger partial charge is 0.226 e. The van der Waals surface area contributed by atoms with Gasteiger partial charge in [-0.05, 0) is 60.7 Å². The van der Waals surface area contributed by atoms with Gasteiger partial charge >= 0.3 is 0 Å². The number of allylic oxidation sites excluding steroid dienone is 2. The van der Waals surface area contributed by atoms with Crippen LogP contribution in [0.3, 0.4) is 0 Å². The molecule has 7 heteroatoms. The molecule has 1 atom stereocenters. The van der Waals surface area contributed by atoms with Gasteiger partial charge in [-0.1, -0.05) is 26.0 Å². The Hall–Kier alpha value is -3.61. The Morgan fingerprint density at radius 2 is 1.76 bits per heavy atom. The lowest BCUT2D eigenvalue weighted by atomic mass is 9.73. The van der Waals surface area contributed by atoms with Crippen LogP contribution in [-0.4, -0.2) is 34.3 Å². The van der Waals surface area contributed by atoms with Gasteiger partial charge in [-0.3, -0.25) is 4.79 Å². The van der Waals surface area contributed by atoms with E-state index in [9.17, 15) is 4.79 Å². The highest BCUT2D eigenvalue weighted by atomic mass is 16.5. The van der Waals surface area contributed by atoms with E-state index in [1.807, 2.05) is 60.1 Å². The van der Waals surface area contributed by atoms with E-state index in [0.717, 1.165) is 40.3 Å². The first-order chi connectivity index (χ1) is 15.9. The molecule has 2 aliphatic rings. The van der Waals surface area contributed by atoms with E-state index in [0.29, 0.717) is 24.8 Å². The van der Waals surface area contributed by atoms with Crippen LogP contribution in [0.25, 0.3) is 11.4 Å². The van der Waals surface area contributed by atoms with Crippen LogP contribution in [0.4, 0.5) is 5.95 Å². The number of carbonyl (C=O) groups is 1.